The quantitative estimate of drug-likeness (QED) is 0.758. The molecule has 4 heteroatoms. The Bertz CT molecular complexity index is 250. The van der Waals surface area contributed by atoms with E-state index in [1.54, 1.807) is 24.3 Å². The highest BCUT2D eigenvalue weighted by Gasteiger charge is 2.02. The second kappa shape index (κ2) is 5.07. The van der Waals surface area contributed by atoms with Crippen molar-refractivity contribution in [1.29, 1.82) is 0 Å². The molecule has 72 valence electrons. The SMILES string of the molecule is C[C@@H](CON)Oc1ccc(Cl)cc1. The third kappa shape index (κ3) is 3.63. The summed E-state index contributed by atoms with van der Waals surface area (Å²) in [4.78, 5) is 4.45. The zero-order valence-corrected chi connectivity index (χ0v) is 8.12. The highest BCUT2D eigenvalue weighted by Crippen LogP contribution is 2.16. The van der Waals surface area contributed by atoms with Gasteiger partial charge >= 0.3 is 0 Å². The average Bonchev–Trinajstić information content (AvgIpc) is 2.09. The van der Waals surface area contributed by atoms with Gasteiger partial charge in [-0.05, 0) is 31.2 Å². The van der Waals surface area contributed by atoms with Crippen molar-refractivity contribution >= 4 is 11.6 Å². The summed E-state index contributed by atoms with van der Waals surface area (Å²) in [6, 6.07) is 7.14. The van der Waals surface area contributed by atoms with E-state index in [0.717, 1.165) is 5.75 Å². The number of hydrogen-bond acceptors (Lipinski definition) is 3. The van der Waals surface area contributed by atoms with Crippen molar-refractivity contribution in [2.24, 2.45) is 5.90 Å². The predicted molar refractivity (Wildman–Crippen MR) is 51.7 cm³/mol. The fraction of sp³-hybridized carbons (Fsp3) is 0.333. The van der Waals surface area contributed by atoms with Gasteiger partial charge in [-0.1, -0.05) is 11.6 Å². The zero-order chi connectivity index (χ0) is 9.68. The van der Waals surface area contributed by atoms with Crippen molar-refractivity contribution < 1.29 is 9.57 Å². The van der Waals surface area contributed by atoms with E-state index in [-0.39, 0.29) is 6.10 Å². The van der Waals surface area contributed by atoms with E-state index in [2.05, 4.69) is 4.84 Å². The molecular weight excluding hydrogens is 190 g/mol. The number of rotatable bonds is 4. The topological polar surface area (TPSA) is 44.5 Å². The molecule has 0 aliphatic rings. The fourth-order valence-electron chi connectivity index (χ4n) is 0.915. The summed E-state index contributed by atoms with van der Waals surface area (Å²) >= 11 is 5.71. The van der Waals surface area contributed by atoms with Crippen molar-refractivity contribution in [3.05, 3.63) is 29.3 Å². The largest absolute Gasteiger partial charge is 0.488 e. The summed E-state index contributed by atoms with van der Waals surface area (Å²) in [7, 11) is 0. The lowest BCUT2D eigenvalue weighted by Crippen LogP contribution is -2.21. The van der Waals surface area contributed by atoms with Gasteiger partial charge in [0.15, 0.2) is 0 Å². The van der Waals surface area contributed by atoms with E-state index in [1.165, 1.54) is 0 Å². The fourth-order valence-corrected chi connectivity index (χ4v) is 1.04. The van der Waals surface area contributed by atoms with Gasteiger partial charge in [0, 0.05) is 5.02 Å². The maximum atomic E-state index is 5.71. The van der Waals surface area contributed by atoms with Crippen LogP contribution in [0.15, 0.2) is 24.3 Å². The monoisotopic (exact) mass is 201 g/mol. The Kier molecular flexibility index (Phi) is 4.02. The van der Waals surface area contributed by atoms with E-state index in [9.17, 15) is 0 Å². The van der Waals surface area contributed by atoms with Crippen molar-refractivity contribution in [3.63, 3.8) is 0 Å². The van der Waals surface area contributed by atoms with Gasteiger partial charge in [-0.3, -0.25) is 0 Å². The third-order valence-corrected chi connectivity index (χ3v) is 1.73. The highest BCUT2D eigenvalue weighted by molar-refractivity contribution is 6.30. The molecule has 1 aromatic carbocycles. The Morgan fingerprint density at radius 3 is 2.54 bits per heavy atom. The molecule has 1 aromatic rings. The molecule has 0 aliphatic heterocycles. The summed E-state index contributed by atoms with van der Waals surface area (Å²) < 4.78 is 5.45. The van der Waals surface area contributed by atoms with E-state index in [4.69, 9.17) is 22.2 Å². The first-order chi connectivity index (χ1) is 6.22. The molecule has 0 unspecified atom stereocenters. The predicted octanol–water partition coefficient (Wildman–Crippen LogP) is 2.00. The van der Waals surface area contributed by atoms with Crippen molar-refractivity contribution in [1.82, 2.24) is 0 Å². The summed E-state index contributed by atoms with van der Waals surface area (Å²) in [6.45, 7) is 2.24. The van der Waals surface area contributed by atoms with Crippen LogP contribution >= 0.6 is 11.6 Å². The molecule has 1 atom stereocenters. The number of ether oxygens (including phenoxy) is 1. The molecular formula is C9H12ClNO2. The molecule has 0 spiro atoms. The molecule has 0 aliphatic carbocycles. The second-order valence-corrected chi connectivity index (χ2v) is 3.15. The van der Waals surface area contributed by atoms with Crippen LogP contribution in [0.5, 0.6) is 5.75 Å². The van der Waals surface area contributed by atoms with Gasteiger partial charge in [0.2, 0.25) is 0 Å². The maximum Gasteiger partial charge on any atom is 0.121 e. The number of benzene rings is 1. The van der Waals surface area contributed by atoms with Crippen LogP contribution in [0.3, 0.4) is 0 Å². The molecule has 3 nitrogen and oxygen atoms in total. The summed E-state index contributed by atoms with van der Waals surface area (Å²) in [5, 5.41) is 0.690. The van der Waals surface area contributed by atoms with E-state index in [1.807, 2.05) is 6.92 Å². The molecule has 0 radical (unpaired) electrons. The number of hydrogen-bond donors (Lipinski definition) is 1. The van der Waals surface area contributed by atoms with Crippen LogP contribution in [-0.4, -0.2) is 12.7 Å². The summed E-state index contributed by atoms with van der Waals surface area (Å²) in [6.07, 6.45) is -0.0637. The van der Waals surface area contributed by atoms with Gasteiger partial charge < -0.3 is 9.57 Å². The Labute approximate surface area is 82.4 Å². The van der Waals surface area contributed by atoms with Crippen LogP contribution in [0.2, 0.25) is 5.02 Å². The molecule has 2 N–H and O–H groups in total. The molecule has 0 aromatic heterocycles. The van der Waals surface area contributed by atoms with Crippen LogP contribution in [0.4, 0.5) is 0 Å². The Hall–Kier alpha value is -0.770. The number of halogens is 1. The zero-order valence-electron chi connectivity index (χ0n) is 7.37. The lowest BCUT2D eigenvalue weighted by Gasteiger charge is -2.12. The van der Waals surface area contributed by atoms with Gasteiger partial charge in [-0.25, -0.2) is 5.90 Å². The summed E-state index contributed by atoms with van der Waals surface area (Å²) in [5.74, 6) is 5.66. The lowest BCUT2D eigenvalue weighted by molar-refractivity contribution is 0.0589. The first-order valence-electron chi connectivity index (χ1n) is 3.96. The van der Waals surface area contributed by atoms with Gasteiger partial charge in [0.1, 0.15) is 18.5 Å². The standard InChI is InChI=1S/C9H12ClNO2/c1-7(6-12-11)13-9-4-2-8(10)3-5-9/h2-5,7H,6,11H2,1H3/t7-/m0/s1. The Morgan fingerprint density at radius 2 is 2.00 bits per heavy atom. The average molecular weight is 202 g/mol. The highest BCUT2D eigenvalue weighted by atomic mass is 35.5. The van der Waals surface area contributed by atoms with Crippen LogP contribution in [0.25, 0.3) is 0 Å². The van der Waals surface area contributed by atoms with Crippen LogP contribution in [0.1, 0.15) is 6.92 Å². The van der Waals surface area contributed by atoms with Crippen molar-refractivity contribution in [2.75, 3.05) is 6.61 Å². The number of nitrogens with two attached hydrogens (primary N) is 1. The molecule has 0 amide bonds. The summed E-state index contributed by atoms with van der Waals surface area (Å²) in [5.41, 5.74) is 0. The molecule has 0 heterocycles. The first kappa shape index (κ1) is 10.3. The first-order valence-corrected chi connectivity index (χ1v) is 4.34. The minimum Gasteiger partial charge on any atom is -0.488 e. The van der Waals surface area contributed by atoms with Gasteiger partial charge in [0.05, 0.1) is 0 Å². The van der Waals surface area contributed by atoms with E-state index in [0.29, 0.717) is 11.6 Å². The maximum absolute atomic E-state index is 5.71. The van der Waals surface area contributed by atoms with Gasteiger partial charge in [-0.15, -0.1) is 0 Å². The molecule has 0 saturated heterocycles. The Balaban J connectivity index is 2.49. The second-order valence-electron chi connectivity index (χ2n) is 2.72. The molecule has 0 saturated carbocycles. The lowest BCUT2D eigenvalue weighted by atomic mass is 10.3. The smallest absolute Gasteiger partial charge is 0.121 e. The van der Waals surface area contributed by atoms with Crippen LogP contribution in [0, 0.1) is 0 Å². The molecule has 1 rings (SSSR count). The van der Waals surface area contributed by atoms with E-state index < -0.39 is 0 Å². The Morgan fingerprint density at radius 1 is 1.38 bits per heavy atom. The van der Waals surface area contributed by atoms with Crippen molar-refractivity contribution in [3.8, 4) is 5.75 Å². The van der Waals surface area contributed by atoms with Crippen molar-refractivity contribution in [2.45, 2.75) is 13.0 Å². The van der Waals surface area contributed by atoms with E-state index >= 15 is 0 Å². The van der Waals surface area contributed by atoms with Gasteiger partial charge in [-0.2, -0.15) is 0 Å². The third-order valence-electron chi connectivity index (χ3n) is 1.48. The molecule has 0 bridgehead atoms. The molecule has 0 fully saturated rings. The normalized spacial score (nSPS) is 12.5. The molecule has 13 heavy (non-hydrogen) atoms. The minimum absolute atomic E-state index is 0.0637. The van der Waals surface area contributed by atoms with Gasteiger partial charge in [0.25, 0.3) is 0 Å². The van der Waals surface area contributed by atoms with Crippen LogP contribution in [-0.2, 0) is 4.84 Å². The van der Waals surface area contributed by atoms with Crippen LogP contribution < -0.4 is 10.6 Å². The minimum atomic E-state index is -0.0637.